The van der Waals surface area contributed by atoms with Crippen molar-refractivity contribution in [3.8, 4) is 21.1 Å². The summed E-state index contributed by atoms with van der Waals surface area (Å²) in [5.41, 5.74) is 5.16. The maximum atomic E-state index is 2.36. The van der Waals surface area contributed by atoms with Crippen LogP contribution in [-0.4, -0.2) is 9.13 Å². The second-order valence-corrected chi connectivity index (χ2v) is 11.5. The van der Waals surface area contributed by atoms with Gasteiger partial charge in [-0.25, -0.2) is 0 Å². The molecule has 0 N–H and O–H groups in total. The first-order valence-corrected chi connectivity index (χ1v) is 13.9. The second kappa shape index (κ2) is 7.33. The zero-order valence-corrected chi connectivity index (χ0v) is 21.6. The van der Waals surface area contributed by atoms with Gasteiger partial charge in [-0.3, -0.25) is 0 Å². The van der Waals surface area contributed by atoms with Crippen molar-refractivity contribution in [3.05, 3.63) is 95.7 Å². The quantitative estimate of drug-likeness (QED) is 0.210. The van der Waals surface area contributed by atoms with Gasteiger partial charge in [-0.1, -0.05) is 60.7 Å². The van der Waals surface area contributed by atoms with Gasteiger partial charge in [0, 0.05) is 35.6 Å². The number of fused-ring (bicyclic) bond motifs is 9. The average Bonchev–Trinajstić information content (AvgIpc) is 3.70. The van der Waals surface area contributed by atoms with Gasteiger partial charge in [0.2, 0.25) is 0 Å². The lowest BCUT2D eigenvalue weighted by molar-refractivity contribution is 0.985. The Hall–Kier alpha value is -3.86. The number of hydrogen-bond donors (Lipinski definition) is 0. The van der Waals surface area contributed by atoms with E-state index in [9.17, 15) is 0 Å². The van der Waals surface area contributed by atoms with Crippen molar-refractivity contribution in [2.75, 3.05) is 0 Å². The summed E-state index contributed by atoms with van der Waals surface area (Å²) in [6.07, 6.45) is 0. The van der Waals surface area contributed by atoms with E-state index in [4.69, 9.17) is 0 Å². The van der Waals surface area contributed by atoms with Crippen LogP contribution < -0.4 is 0 Å². The monoisotopic (exact) mass is 498 g/mol. The van der Waals surface area contributed by atoms with E-state index in [1.165, 1.54) is 75.3 Å². The van der Waals surface area contributed by atoms with Crippen molar-refractivity contribution in [1.29, 1.82) is 0 Å². The van der Waals surface area contributed by atoms with E-state index in [1.54, 1.807) is 22.7 Å². The van der Waals surface area contributed by atoms with Crippen molar-refractivity contribution in [3.63, 3.8) is 0 Å². The third-order valence-electron chi connectivity index (χ3n) is 7.73. The molecule has 0 radical (unpaired) electrons. The molecule has 8 rings (SSSR count). The minimum atomic E-state index is 1.28. The molecule has 0 aliphatic rings. The maximum absolute atomic E-state index is 2.36. The van der Waals surface area contributed by atoms with Crippen molar-refractivity contribution >= 4 is 76.8 Å². The summed E-state index contributed by atoms with van der Waals surface area (Å²) in [7, 11) is 4.39. The van der Waals surface area contributed by atoms with Gasteiger partial charge in [0.15, 0.2) is 0 Å². The molecule has 0 fully saturated rings. The number of nitrogens with zero attached hydrogens (tertiary/aromatic N) is 2. The highest BCUT2D eigenvalue weighted by molar-refractivity contribution is 7.13. The molecular formula is C32H22N2S2. The molecule has 4 aromatic carbocycles. The van der Waals surface area contributed by atoms with Crippen molar-refractivity contribution < 1.29 is 0 Å². The third kappa shape index (κ3) is 2.66. The van der Waals surface area contributed by atoms with E-state index in [2.05, 4.69) is 119 Å². The molecule has 2 nitrogen and oxygen atoms in total. The van der Waals surface area contributed by atoms with Crippen LogP contribution in [0.4, 0.5) is 0 Å². The number of benzene rings is 4. The Morgan fingerprint density at radius 3 is 1.28 bits per heavy atom. The third-order valence-corrected chi connectivity index (χ3v) is 9.51. The zero-order valence-electron chi connectivity index (χ0n) is 19.9. The fourth-order valence-electron chi connectivity index (χ4n) is 6.07. The Kier molecular flexibility index (Phi) is 4.14. The molecule has 0 spiro atoms. The predicted octanol–water partition coefficient (Wildman–Crippen LogP) is 9.59. The first kappa shape index (κ1) is 20.3. The van der Waals surface area contributed by atoms with Crippen molar-refractivity contribution in [2.45, 2.75) is 0 Å². The predicted molar refractivity (Wildman–Crippen MR) is 159 cm³/mol. The minimum absolute atomic E-state index is 1.28. The molecule has 36 heavy (non-hydrogen) atoms. The van der Waals surface area contributed by atoms with E-state index in [1.807, 2.05) is 0 Å². The lowest BCUT2D eigenvalue weighted by atomic mass is 9.95. The number of rotatable bonds is 2. The summed E-state index contributed by atoms with van der Waals surface area (Å²) in [6, 6.07) is 31.8. The molecule has 0 amide bonds. The summed E-state index contributed by atoms with van der Waals surface area (Å²) in [5, 5.41) is 14.8. The standard InChI is InChI=1S/C32H22N2S2/c1-33-27(29-5-3-15-35-29)17-19-7-9-23-21-12-14-26-24(22(21)11-13-25(23)31(19)33)10-8-20-18-28(34(2)32(20)26)30-6-4-16-36-30/h3-18H,1-2H3. The Morgan fingerprint density at radius 2 is 0.861 bits per heavy atom. The molecule has 0 bridgehead atoms. The molecule has 0 atom stereocenters. The molecule has 172 valence electrons. The van der Waals surface area contributed by atoms with E-state index in [0.717, 1.165) is 0 Å². The normalized spacial score (nSPS) is 12.2. The van der Waals surface area contributed by atoms with Gasteiger partial charge in [-0.05, 0) is 56.6 Å². The van der Waals surface area contributed by atoms with Gasteiger partial charge in [0.1, 0.15) is 0 Å². The van der Waals surface area contributed by atoms with Gasteiger partial charge in [-0.15, -0.1) is 22.7 Å². The largest absolute Gasteiger partial charge is 0.342 e. The van der Waals surface area contributed by atoms with E-state index in [-0.39, 0.29) is 0 Å². The fourth-order valence-corrected chi connectivity index (χ4v) is 7.63. The van der Waals surface area contributed by atoms with Crippen LogP contribution in [0, 0.1) is 0 Å². The van der Waals surface area contributed by atoms with Crippen LogP contribution in [0.2, 0.25) is 0 Å². The van der Waals surface area contributed by atoms with Crippen molar-refractivity contribution in [1.82, 2.24) is 9.13 Å². The Balaban J connectivity index is 1.42. The second-order valence-electron chi connectivity index (χ2n) is 9.56. The SMILES string of the molecule is Cn1c(-c2cccs2)cc2ccc3c4ccc5c(ccc6cc(-c7cccs7)n(C)c65)c4ccc3c21. The molecule has 4 aromatic heterocycles. The summed E-state index contributed by atoms with van der Waals surface area (Å²) in [4.78, 5) is 2.62. The number of thiophene rings is 2. The highest BCUT2D eigenvalue weighted by Crippen LogP contribution is 2.40. The topological polar surface area (TPSA) is 9.86 Å². The van der Waals surface area contributed by atoms with Crippen LogP contribution in [0.1, 0.15) is 0 Å². The first-order chi connectivity index (χ1) is 17.7. The molecule has 4 heteroatoms. The minimum Gasteiger partial charge on any atom is -0.342 e. The van der Waals surface area contributed by atoms with Crippen LogP contribution in [0.15, 0.2) is 95.7 Å². The van der Waals surface area contributed by atoms with Gasteiger partial charge in [0.05, 0.1) is 32.2 Å². The summed E-state index contributed by atoms with van der Waals surface area (Å²) in [5.74, 6) is 0. The molecule has 0 aliphatic carbocycles. The summed E-state index contributed by atoms with van der Waals surface area (Å²) < 4.78 is 4.71. The van der Waals surface area contributed by atoms with Gasteiger partial charge < -0.3 is 9.13 Å². The number of hydrogen-bond acceptors (Lipinski definition) is 2. The maximum Gasteiger partial charge on any atom is 0.0590 e. The molecule has 4 heterocycles. The first-order valence-electron chi connectivity index (χ1n) is 12.1. The molecule has 0 aliphatic heterocycles. The Labute approximate surface area is 216 Å². The highest BCUT2D eigenvalue weighted by atomic mass is 32.1. The van der Waals surface area contributed by atoms with Crippen LogP contribution in [-0.2, 0) is 14.1 Å². The van der Waals surface area contributed by atoms with Gasteiger partial charge >= 0.3 is 0 Å². The average molecular weight is 499 g/mol. The van der Waals surface area contributed by atoms with Crippen LogP contribution in [0.25, 0.3) is 75.3 Å². The lowest BCUT2D eigenvalue weighted by Gasteiger charge is -2.11. The molecule has 0 saturated carbocycles. The molecule has 0 saturated heterocycles. The van der Waals surface area contributed by atoms with E-state index in [0.29, 0.717) is 0 Å². The van der Waals surface area contributed by atoms with E-state index >= 15 is 0 Å². The highest BCUT2D eigenvalue weighted by Gasteiger charge is 2.16. The van der Waals surface area contributed by atoms with Crippen LogP contribution >= 0.6 is 22.7 Å². The number of aromatic nitrogens is 2. The summed E-state index contributed by atoms with van der Waals surface area (Å²) >= 11 is 3.59. The van der Waals surface area contributed by atoms with Gasteiger partial charge in [-0.2, -0.15) is 0 Å². The fraction of sp³-hybridized carbons (Fsp3) is 0.0625. The molecule has 8 aromatic rings. The Bertz CT molecular complexity index is 1950. The van der Waals surface area contributed by atoms with Gasteiger partial charge in [0.25, 0.3) is 0 Å². The van der Waals surface area contributed by atoms with Crippen molar-refractivity contribution in [2.24, 2.45) is 14.1 Å². The molecular weight excluding hydrogens is 477 g/mol. The lowest BCUT2D eigenvalue weighted by Crippen LogP contribution is -1.92. The van der Waals surface area contributed by atoms with Crippen LogP contribution in [0.3, 0.4) is 0 Å². The smallest absolute Gasteiger partial charge is 0.0590 e. The zero-order chi connectivity index (χ0) is 24.0. The number of aryl methyl sites for hydroxylation is 2. The Morgan fingerprint density at radius 1 is 0.472 bits per heavy atom. The summed E-state index contributed by atoms with van der Waals surface area (Å²) in [6.45, 7) is 0. The van der Waals surface area contributed by atoms with Crippen LogP contribution in [0.5, 0.6) is 0 Å². The van der Waals surface area contributed by atoms with E-state index < -0.39 is 0 Å². The molecule has 0 unspecified atom stereocenters.